The smallest absolute Gasteiger partial charge is 0.125 e. The third-order valence-electron chi connectivity index (χ3n) is 5.29. The van der Waals surface area contributed by atoms with Gasteiger partial charge in [0.25, 0.3) is 0 Å². The fourth-order valence-corrected chi connectivity index (χ4v) is 3.14. The van der Waals surface area contributed by atoms with Crippen molar-refractivity contribution in [3.63, 3.8) is 0 Å². The summed E-state index contributed by atoms with van der Waals surface area (Å²) in [5.74, 6) is 2.87. The minimum absolute atomic E-state index is 0.829. The maximum absolute atomic E-state index is 3.97. The molecule has 0 unspecified atom stereocenters. The van der Waals surface area contributed by atoms with Crippen LogP contribution < -0.4 is 0 Å². The molecule has 1 aromatic heterocycles. The summed E-state index contributed by atoms with van der Waals surface area (Å²) in [7, 11) is 0. The van der Waals surface area contributed by atoms with Crippen LogP contribution in [0.1, 0.15) is 73.2 Å². The summed E-state index contributed by atoms with van der Waals surface area (Å²) in [6, 6.07) is 4.45. The Morgan fingerprint density at radius 1 is 0.654 bits per heavy atom. The highest BCUT2D eigenvalue weighted by molar-refractivity contribution is 5.36. The van der Waals surface area contributed by atoms with Gasteiger partial charge < -0.3 is 0 Å². The lowest BCUT2D eigenvalue weighted by molar-refractivity contribution is 0.308. The molecule has 0 atom stereocenters. The van der Waals surface area contributed by atoms with Gasteiger partial charge in [-0.3, -0.25) is 0 Å². The summed E-state index contributed by atoms with van der Waals surface area (Å²) in [6.45, 7) is 17.2. The van der Waals surface area contributed by atoms with Gasteiger partial charge >= 0.3 is 0 Å². The van der Waals surface area contributed by atoms with Crippen molar-refractivity contribution in [3.05, 3.63) is 58.2 Å². The van der Waals surface area contributed by atoms with E-state index < -0.39 is 0 Å². The van der Waals surface area contributed by atoms with Gasteiger partial charge in [0, 0.05) is 12.4 Å². The third kappa shape index (κ3) is 8.60. The van der Waals surface area contributed by atoms with Gasteiger partial charge in [-0.25, -0.2) is 9.97 Å². The molecule has 3 rings (SSSR count). The van der Waals surface area contributed by atoms with E-state index in [2.05, 4.69) is 63.6 Å². The number of nitrogens with zero attached hydrogens (tertiary/aromatic N) is 2. The van der Waals surface area contributed by atoms with E-state index >= 15 is 0 Å². The molecule has 1 aliphatic rings. The van der Waals surface area contributed by atoms with Gasteiger partial charge in [-0.15, -0.1) is 0 Å². The van der Waals surface area contributed by atoms with Crippen LogP contribution in [0, 0.1) is 53.4 Å². The first-order valence-electron chi connectivity index (χ1n) is 9.98. The fourth-order valence-electron chi connectivity index (χ4n) is 3.14. The molecule has 0 saturated heterocycles. The van der Waals surface area contributed by atoms with Crippen molar-refractivity contribution in [2.24, 2.45) is 11.8 Å². The quantitative estimate of drug-likeness (QED) is 0.517. The van der Waals surface area contributed by atoms with E-state index in [1.54, 1.807) is 0 Å². The van der Waals surface area contributed by atoms with E-state index in [0.29, 0.717) is 0 Å². The summed E-state index contributed by atoms with van der Waals surface area (Å²) in [5, 5.41) is 0. The third-order valence-corrected chi connectivity index (χ3v) is 5.29. The molecule has 0 radical (unpaired) electrons. The Balaban J connectivity index is 0.000000197. The molecule has 1 aromatic carbocycles. The van der Waals surface area contributed by atoms with Crippen LogP contribution in [0.2, 0.25) is 0 Å². The lowest BCUT2D eigenvalue weighted by atomic mass is 9.84. The van der Waals surface area contributed by atoms with Crippen molar-refractivity contribution in [1.29, 1.82) is 0 Å². The predicted octanol–water partition coefficient (Wildman–Crippen LogP) is 6.85. The summed E-state index contributed by atoms with van der Waals surface area (Å²) in [4.78, 5) is 7.94. The molecule has 144 valence electrons. The number of benzene rings is 1. The van der Waals surface area contributed by atoms with E-state index in [-0.39, 0.29) is 0 Å². The summed E-state index contributed by atoms with van der Waals surface area (Å²) < 4.78 is 0. The van der Waals surface area contributed by atoms with E-state index in [4.69, 9.17) is 0 Å². The van der Waals surface area contributed by atoms with Crippen molar-refractivity contribution in [2.45, 2.75) is 81.1 Å². The highest BCUT2D eigenvalue weighted by atomic mass is 14.8. The molecule has 1 saturated carbocycles. The first-order valence-corrected chi connectivity index (χ1v) is 9.98. The summed E-state index contributed by atoms with van der Waals surface area (Å²) in [5.41, 5.74) is 6.69. The first kappa shape index (κ1) is 22.3. The van der Waals surface area contributed by atoms with E-state index in [0.717, 1.165) is 23.2 Å². The maximum atomic E-state index is 3.97. The average Bonchev–Trinajstić information content (AvgIpc) is 2.59. The monoisotopic (exact) mass is 354 g/mol. The molecule has 0 N–H and O–H groups in total. The Labute approximate surface area is 161 Å². The van der Waals surface area contributed by atoms with Gasteiger partial charge in [0.15, 0.2) is 0 Å². The Hall–Kier alpha value is -1.70. The lowest BCUT2D eigenvalue weighted by Gasteiger charge is -2.22. The van der Waals surface area contributed by atoms with Gasteiger partial charge in [0.1, 0.15) is 5.82 Å². The number of aryl methyl sites for hydroxylation is 5. The molecule has 26 heavy (non-hydrogen) atoms. The second-order valence-electron chi connectivity index (χ2n) is 8.20. The maximum Gasteiger partial charge on any atom is 0.125 e. The molecule has 0 bridgehead atoms. The van der Waals surface area contributed by atoms with Gasteiger partial charge in [-0.2, -0.15) is 0 Å². The van der Waals surface area contributed by atoms with Crippen LogP contribution in [-0.2, 0) is 0 Å². The Bertz CT molecular complexity index is 596. The van der Waals surface area contributed by atoms with Crippen molar-refractivity contribution in [3.8, 4) is 0 Å². The van der Waals surface area contributed by atoms with Crippen molar-refractivity contribution < 1.29 is 0 Å². The van der Waals surface area contributed by atoms with E-state index in [1.807, 2.05) is 26.2 Å². The zero-order valence-corrected chi connectivity index (χ0v) is 18.2. The molecule has 2 nitrogen and oxygen atoms in total. The largest absolute Gasteiger partial charge is 0.241 e. The zero-order valence-electron chi connectivity index (χ0n) is 18.2. The number of aromatic nitrogens is 2. The molecule has 2 heteroatoms. The first-order chi connectivity index (χ1) is 12.2. The average molecular weight is 355 g/mol. The van der Waals surface area contributed by atoms with E-state index in [1.165, 1.54) is 47.9 Å². The van der Waals surface area contributed by atoms with Crippen LogP contribution in [0.15, 0.2) is 24.5 Å². The van der Waals surface area contributed by atoms with Crippen LogP contribution in [0.3, 0.4) is 0 Å². The number of hydrogen-bond donors (Lipinski definition) is 0. The van der Waals surface area contributed by atoms with Crippen molar-refractivity contribution in [2.75, 3.05) is 0 Å². The standard InChI is InChI=1S/C10H14.C8H16.C6H8N2/c1-7-5-8(2)10(4)9(3)6-7;1-7-3-5-8(2)6-4-7;1-5-3-7-6(2)8-4-5/h5-6H,1-4H3;7-8H,3-6H2,1-2H3;3-4H,1-2H3. The van der Waals surface area contributed by atoms with Gasteiger partial charge in [0.2, 0.25) is 0 Å². The molecular weight excluding hydrogens is 316 g/mol. The molecular formula is C24H38N2. The van der Waals surface area contributed by atoms with Crippen molar-refractivity contribution >= 4 is 0 Å². The molecule has 0 amide bonds. The minimum Gasteiger partial charge on any atom is -0.241 e. The van der Waals surface area contributed by atoms with Crippen LogP contribution >= 0.6 is 0 Å². The topological polar surface area (TPSA) is 25.8 Å². The van der Waals surface area contributed by atoms with Gasteiger partial charge in [-0.1, -0.05) is 57.2 Å². The molecule has 1 aliphatic carbocycles. The normalized spacial score (nSPS) is 18.9. The SMILES string of the molecule is CC1CCC(C)CC1.Cc1cc(C)c(C)c(C)c1.Cc1cnc(C)nc1. The Kier molecular flexibility index (Phi) is 9.54. The van der Waals surface area contributed by atoms with Crippen LogP contribution in [-0.4, -0.2) is 9.97 Å². The minimum atomic E-state index is 0.829. The van der Waals surface area contributed by atoms with E-state index in [9.17, 15) is 0 Å². The Morgan fingerprint density at radius 3 is 1.38 bits per heavy atom. The number of hydrogen-bond acceptors (Lipinski definition) is 2. The predicted molar refractivity (Wildman–Crippen MR) is 114 cm³/mol. The summed E-state index contributed by atoms with van der Waals surface area (Å²) in [6.07, 6.45) is 9.51. The number of rotatable bonds is 0. The van der Waals surface area contributed by atoms with Crippen LogP contribution in [0.25, 0.3) is 0 Å². The summed E-state index contributed by atoms with van der Waals surface area (Å²) >= 11 is 0. The zero-order chi connectivity index (χ0) is 19.7. The van der Waals surface area contributed by atoms with Gasteiger partial charge in [-0.05, 0) is 75.6 Å². The van der Waals surface area contributed by atoms with Crippen molar-refractivity contribution in [1.82, 2.24) is 9.97 Å². The second kappa shape index (κ2) is 11.1. The highest BCUT2D eigenvalue weighted by Gasteiger charge is 2.13. The Morgan fingerprint density at radius 2 is 1.04 bits per heavy atom. The molecule has 1 fully saturated rings. The molecule has 1 heterocycles. The lowest BCUT2D eigenvalue weighted by Crippen LogP contribution is -2.08. The molecule has 0 spiro atoms. The van der Waals surface area contributed by atoms with Crippen LogP contribution in [0.4, 0.5) is 0 Å². The van der Waals surface area contributed by atoms with Gasteiger partial charge in [0.05, 0.1) is 0 Å². The highest BCUT2D eigenvalue weighted by Crippen LogP contribution is 2.27. The molecule has 0 aliphatic heterocycles. The van der Waals surface area contributed by atoms with Crippen LogP contribution in [0.5, 0.6) is 0 Å². The second-order valence-corrected chi connectivity index (χ2v) is 8.20. The fraction of sp³-hybridized carbons (Fsp3) is 0.583. The molecule has 2 aromatic rings.